The van der Waals surface area contributed by atoms with Gasteiger partial charge in [-0.25, -0.2) is 0 Å². The zero-order valence-electron chi connectivity index (χ0n) is 11.8. The number of rotatable bonds is 7. The van der Waals surface area contributed by atoms with Gasteiger partial charge in [-0.15, -0.1) is 0 Å². The quantitative estimate of drug-likeness (QED) is 0.532. The third-order valence-corrected chi connectivity index (χ3v) is 4.23. The molecule has 0 aliphatic heterocycles. The van der Waals surface area contributed by atoms with Crippen molar-refractivity contribution < 1.29 is 23.2 Å². The first kappa shape index (κ1) is 16.8. The summed E-state index contributed by atoms with van der Waals surface area (Å²) < 4.78 is 30.0. The summed E-state index contributed by atoms with van der Waals surface area (Å²) in [7, 11) is -3.90. The SMILES string of the molecule is CC(C)(CCCS(=O)(=O)O)CCc1cccc(O)c1O. The Bertz CT molecular complexity index is 549. The first-order chi connectivity index (χ1) is 9.11. The Kier molecular flexibility index (Phi) is 5.42. The second kappa shape index (κ2) is 6.45. The van der Waals surface area contributed by atoms with Crippen LogP contribution in [0.15, 0.2) is 18.2 Å². The molecule has 0 fully saturated rings. The van der Waals surface area contributed by atoms with Crippen LogP contribution in [-0.2, 0) is 16.5 Å². The standard InChI is InChI=1S/C14H22O5S/c1-14(2,8-4-10-20(17,18)19)9-7-11-5-3-6-12(15)13(11)16/h3,5-6,15-16H,4,7-10H2,1-2H3,(H,17,18,19). The van der Waals surface area contributed by atoms with E-state index in [1.807, 2.05) is 13.8 Å². The summed E-state index contributed by atoms with van der Waals surface area (Å²) in [4.78, 5) is 0. The third kappa shape index (κ3) is 5.79. The van der Waals surface area contributed by atoms with Gasteiger partial charge in [0.15, 0.2) is 11.5 Å². The maximum atomic E-state index is 10.7. The highest BCUT2D eigenvalue weighted by atomic mass is 32.2. The van der Waals surface area contributed by atoms with Gasteiger partial charge in [-0.2, -0.15) is 8.42 Å². The monoisotopic (exact) mass is 302 g/mol. The molecule has 6 heteroatoms. The fourth-order valence-electron chi connectivity index (χ4n) is 2.11. The maximum Gasteiger partial charge on any atom is 0.264 e. The van der Waals surface area contributed by atoms with Crippen molar-refractivity contribution in [3.8, 4) is 11.5 Å². The van der Waals surface area contributed by atoms with E-state index in [0.29, 0.717) is 24.8 Å². The van der Waals surface area contributed by atoms with Crippen LogP contribution in [0.3, 0.4) is 0 Å². The van der Waals surface area contributed by atoms with Gasteiger partial charge in [0.05, 0.1) is 5.75 Å². The zero-order valence-corrected chi connectivity index (χ0v) is 12.7. The molecule has 1 rings (SSSR count). The third-order valence-electron chi connectivity index (χ3n) is 3.43. The molecule has 0 bridgehead atoms. The number of benzene rings is 1. The average molecular weight is 302 g/mol. The first-order valence-electron chi connectivity index (χ1n) is 6.56. The summed E-state index contributed by atoms with van der Waals surface area (Å²) in [6.45, 7) is 4.02. The van der Waals surface area contributed by atoms with E-state index in [1.54, 1.807) is 12.1 Å². The second-order valence-electron chi connectivity index (χ2n) is 5.84. The highest BCUT2D eigenvalue weighted by Gasteiger charge is 2.20. The molecule has 0 aromatic heterocycles. The molecule has 1 aromatic carbocycles. The molecule has 5 nitrogen and oxygen atoms in total. The fraction of sp³-hybridized carbons (Fsp3) is 0.571. The van der Waals surface area contributed by atoms with E-state index < -0.39 is 10.1 Å². The minimum Gasteiger partial charge on any atom is -0.504 e. The van der Waals surface area contributed by atoms with Crippen molar-refractivity contribution in [2.24, 2.45) is 5.41 Å². The molecule has 0 aliphatic carbocycles. The number of phenolic OH excluding ortho intramolecular Hbond substituents is 2. The van der Waals surface area contributed by atoms with Crippen molar-refractivity contribution in [2.45, 2.75) is 39.5 Å². The molecule has 114 valence electrons. The Labute approximate surface area is 120 Å². The average Bonchev–Trinajstić information content (AvgIpc) is 2.29. The Morgan fingerprint density at radius 2 is 1.80 bits per heavy atom. The van der Waals surface area contributed by atoms with Gasteiger partial charge in [0.2, 0.25) is 0 Å². The largest absolute Gasteiger partial charge is 0.504 e. The number of para-hydroxylation sites is 1. The normalized spacial score (nSPS) is 12.6. The van der Waals surface area contributed by atoms with Crippen LogP contribution in [0.4, 0.5) is 0 Å². The van der Waals surface area contributed by atoms with E-state index in [4.69, 9.17) is 4.55 Å². The topological polar surface area (TPSA) is 94.8 Å². The van der Waals surface area contributed by atoms with E-state index in [1.165, 1.54) is 6.07 Å². The molecule has 0 unspecified atom stereocenters. The summed E-state index contributed by atoms with van der Waals surface area (Å²) in [5.74, 6) is -0.457. The van der Waals surface area contributed by atoms with Crippen LogP contribution in [-0.4, -0.2) is 28.9 Å². The Balaban J connectivity index is 2.52. The van der Waals surface area contributed by atoms with E-state index in [2.05, 4.69) is 0 Å². The van der Waals surface area contributed by atoms with Gasteiger partial charge < -0.3 is 10.2 Å². The van der Waals surface area contributed by atoms with Crippen molar-refractivity contribution in [3.05, 3.63) is 23.8 Å². The molecule has 0 amide bonds. The van der Waals surface area contributed by atoms with Crippen LogP contribution >= 0.6 is 0 Å². The van der Waals surface area contributed by atoms with Crippen molar-refractivity contribution in [1.82, 2.24) is 0 Å². The molecule has 20 heavy (non-hydrogen) atoms. The lowest BCUT2D eigenvalue weighted by Gasteiger charge is -2.24. The number of phenols is 2. The van der Waals surface area contributed by atoms with Gasteiger partial charge in [-0.05, 0) is 42.7 Å². The number of hydrogen-bond acceptors (Lipinski definition) is 4. The number of aromatic hydroxyl groups is 2. The fourth-order valence-corrected chi connectivity index (χ4v) is 2.62. The molecule has 0 heterocycles. The van der Waals surface area contributed by atoms with Crippen molar-refractivity contribution in [1.29, 1.82) is 0 Å². The molecular weight excluding hydrogens is 280 g/mol. The van der Waals surface area contributed by atoms with E-state index in [0.717, 1.165) is 6.42 Å². The van der Waals surface area contributed by atoms with Crippen LogP contribution in [0.25, 0.3) is 0 Å². The Hall–Kier alpha value is -1.27. The lowest BCUT2D eigenvalue weighted by Crippen LogP contribution is -2.15. The summed E-state index contributed by atoms with van der Waals surface area (Å²) in [5, 5.41) is 19.1. The predicted octanol–water partition coefficient (Wildman–Crippen LogP) is 2.72. The Morgan fingerprint density at radius 1 is 1.15 bits per heavy atom. The minimum atomic E-state index is -3.90. The van der Waals surface area contributed by atoms with Crippen molar-refractivity contribution in [2.75, 3.05) is 5.75 Å². The van der Waals surface area contributed by atoms with E-state index in [9.17, 15) is 18.6 Å². The molecule has 0 spiro atoms. The molecule has 0 radical (unpaired) electrons. The van der Waals surface area contributed by atoms with Gasteiger partial charge in [-0.3, -0.25) is 4.55 Å². The lowest BCUT2D eigenvalue weighted by atomic mass is 9.82. The van der Waals surface area contributed by atoms with Crippen LogP contribution in [0.1, 0.15) is 38.7 Å². The van der Waals surface area contributed by atoms with Gasteiger partial charge in [0.25, 0.3) is 10.1 Å². The summed E-state index contributed by atoms with van der Waals surface area (Å²) in [6, 6.07) is 4.86. The van der Waals surface area contributed by atoms with Crippen LogP contribution in [0.2, 0.25) is 0 Å². The van der Waals surface area contributed by atoms with Gasteiger partial charge in [0, 0.05) is 0 Å². The van der Waals surface area contributed by atoms with Crippen LogP contribution in [0.5, 0.6) is 11.5 Å². The summed E-state index contributed by atoms with van der Waals surface area (Å²) >= 11 is 0. The van der Waals surface area contributed by atoms with Gasteiger partial charge in [0.1, 0.15) is 0 Å². The molecule has 0 saturated carbocycles. The highest BCUT2D eigenvalue weighted by Crippen LogP contribution is 2.33. The molecule has 1 aromatic rings. The summed E-state index contributed by atoms with van der Waals surface area (Å²) in [6.07, 6.45) is 2.40. The van der Waals surface area contributed by atoms with E-state index >= 15 is 0 Å². The smallest absolute Gasteiger partial charge is 0.264 e. The number of hydrogen-bond donors (Lipinski definition) is 3. The molecule has 0 aliphatic rings. The lowest BCUT2D eigenvalue weighted by molar-refractivity contribution is 0.301. The molecule has 3 N–H and O–H groups in total. The molecule has 0 saturated heterocycles. The van der Waals surface area contributed by atoms with Crippen molar-refractivity contribution in [3.63, 3.8) is 0 Å². The van der Waals surface area contributed by atoms with Gasteiger partial charge in [-0.1, -0.05) is 26.0 Å². The zero-order chi connectivity index (χ0) is 15.4. The highest BCUT2D eigenvalue weighted by molar-refractivity contribution is 7.85. The number of aryl methyl sites for hydroxylation is 1. The maximum absolute atomic E-state index is 10.7. The van der Waals surface area contributed by atoms with E-state index in [-0.39, 0.29) is 22.7 Å². The molecule has 0 atom stereocenters. The van der Waals surface area contributed by atoms with Crippen molar-refractivity contribution >= 4 is 10.1 Å². The summed E-state index contributed by atoms with van der Waals surface area (Å²) in [5.41, 5.74) is 0.565. The van der Waals surface area contributed by atoms with Crippen LogP contribution < -0.4 is 0 Å². The van der Waals surface area contributed by atoms with Crippen LogP contribution in [0, 0.1) is 5.41 Å². The molecular formula is C14H22O5S. The predicted molar refractivity (Wildman–Crippen MR) is 77.5 cm³/mol. The second-order valence-corrected chi connectivity index (χ2v) is 7.41. The Morgan fingerprint density at radius 3 is 2.40 bits per heavy atom. The first-order valence-corrected chi connectivity index (χ1v) is 8.17. The van der Waals surface area contributed by atoms with Gasteiger partial charge >= 0.3 is 0 Å². The minimum absolute atomic E-state index is 0.0961.